The van der Waals surface area contributed by atoms with Crippen molar-refractivity contribution in [2.24, 2.45) is 5.73 Å². The number of benzene rings is 1. The number of halogens is 2. The first-order valence-corrected chi connectivity index (χ1v) is 10.2. The zero-order valence-corrected chi connectivity index (χ0v) is 18.1. The number of pyridine rings is 1. The molecule has 1 saturated heterocycles. The molecule has 0 radical (unpaired) electrons. The monoisotopic (exact) mass is 448 g/mol. The van der Waals surface area contributed by atoms with Crippen LogP contribution in [0.1, 0.15) is 19.8 Å². The number of nitrogens with zero attached hydrogens (tertiary/aromatic N) is 3. The molecule has 0 saturated carbocycles. The highest BCUT2D eigenvalue weighted by Crippen LogP contribution is 2.24. The summed E-state index contributed by atoms with van der Waals surface area (Å²) in [6.45, 7) is 3.20. The average molecular weight is 449 g/mol. The zero-order valence-electron chi connectivity index (χ0n) is 15.7. The Bertz CT molecular complexity index is 911. The molecule has 0 bridgehead atoms. The molecule has 1 aromatic heterocycles. The summed E-state index contributed by atoms with van der Waals surface area (Å²) in [7, 11) is -3.65. The van der Waals surface area contributed by atoms with Crippen LogP contribution in [0, 0.1) is 0 Å². The maximum Gasteiger partial charge on any atom is 0.243 e. The number of carbonyl (C=O) groups excluding carboxylic acids is 1. The van der Waals surface area contributed by atoms with Crippen LogP contribution in [0.25, 0.3) is 10.8 Å². The lowest BCUT2D eigenvalue weighted by Gasteiger charge is -2.35. The lowest BCUT2D eigenvalue weighted by Crippen LogP contribution is -2.50. The lowest BCUT2D eigenvalue weighted by atomic mass is 10.2. The number of carbonyl (C=O) groups is 1. The first-order chi connectivity index (χ1) is 12.4. The second kappa shape index (κ2) is 10.4. The number of nitrogens with two attached hydrogens (primary N) is 1. The van der Waals surface area contributed by atoms with E-state index in [1.54, 1.807) is 41.6 Å². The van der Waals surface area contributed by atoms with Crippen LogP contribution in [0.5, 0.6) is 0 Å². The molecule has 2 heterocycles. The molecule has 3 rings (SSSR count). The van der Waals surface area contributed by atoms with Crippen molar-refractivity contribution < 1.29 is 13.2 Å². The van der Waals surface area contributed by atoms with E-state index in [1.807, 2.05) is 6.92 Å². The van der Waals surface area contributed by atoms with Gasteiger partial charge in [0.2, 0.25) is 15.9 Å². The van der Waals surface area contributed by atoms with E-state index in [1.165, 1.54) is 4.31 Å². The predicted octanol–water partition coefficient (Wildman–Crippen LogP) is 2.04. The predicted molar refractivity (Wildman–Crippen MR) is 114 cm³/mol. The van der Waals surface area contributed by atoms with E-state index in [0.717, 1.165) is 17.2 Å². The molecule has 1 amide bonds. The second-order valence-corrected chi connectivity index (χ2v) is 8.49. The molecule has 1 aromatic carbocycles. The molecule has 0 spiro atoms. The van der Waals surface area contributed by atoms with Gasteiger partial charge in [0.25, 0.3) is 0 Å². The molecule has 7 nitrogen and oxygen atoms in total. The van der Waals surface area contributed by atoms with Crippen molar-refractivity contribution in [3.8, 4) is 0 Å². The van der Waals surface area contributed by atoms with Crippen molar-refractivity contribution in [1.29, 1.82) is 0 Å². The summed E-state index contributed by atoms with van der Waals surface area (Å²) in [4.78, 5) is 18.0. The number of aromatic nitrogens is 1. The fourth-order valence-electron chi connectivity index (χ4n) is 3.36. The van der Waals surface area contributed by atoms with Gasteiger partial charge in [0, 0.05) is 43.5 Å². The second-order valence-electron chi connectivity index (χ2n) is 6.60. The Morgan fingerprint density at radius 2 is 1.89 bits per heavy atom. The highest BCUT2D eigenvalue weighted by molar-refractivity contribution is 7.89. The maximum absolute atomic E-state index is 13.2. The van der Waals surface area contributed by atoms with Crippen LogP contribution in [0.4, 0.5) is 0 Å². The van der Waals surface area contributed by atoms with Crippen LogP contribution >= 0.6 is 24.8 Å². The number of sulfonamides is 1. The summed E-state index contributed by atoms with van der Waals surface area (Å²) < 4.78 is 28.0. The van der Waals surface area contributed by atoms with Crippen LogP contribution in [-0.2, 0) is 14.8 Å². The molecular weight excluding hydrogens is 423 g/mol. The van der Waals surface area contributed by atoms with Crippen LogP contribution in [0.15, 0.2) is 41.6 Å². The molecule has 2 aromatic rings. The quantitative estimate of drug-likeness (QED) is 0.774. The minimum absolute atomic E-state index is 0. The van der Waals surface area contributed by atoms with Crippen molar-refractivity contribution in [3.05, 3.63) is 36.7 Å². The zero-order chi connectivity index (χ0) is 18.7. The Balaban J connectivity index is 0.00000196. The largest absolute Gasteiger partial charge is 0.340 e. The Morgan fingerprint density at radius 1 is 1.18 bits per heavy atom. The summed E-state index contributed by atoms with van der Waals surface area (Å²) in [5, 5.41) is 1.73. The Morgan fingerprint density at radius 3 is 2.61 bits per heavy atom. The van der Waals surface area contributed by atoms with Crippen LogP contribution in [0.2, 0.25) is 0 Å². The first kappa shape index (κ1) is 24.6. The van der Waals surface area contributed by atoms with Gasteiger partial charge in [-0.2, -0.15) is 4.31 Å². The third-order valence-corrected chi connectivity index (χ3v) is 6.79. The molecule has 28 heavy (non-hydrogen) atoms. The maximum atomic E-state index is 13.2. The number of hydrogen-bond donors (Lipinski definition) is 1. The van der Waals surface area contributed by atoms with E-state index in [9.17, 15) is 13.2 Å². The standard InChI is InChI=1S/C18H24N4O3S.2ClH/c1-14-13-21(18(23)11-19)8-2-3-9-22(14)26(24,25)17-5-4-16-12-20-7-6-15(16)10-17;;/h4-7,10,12,14H,2-3,8-9,11,13,19H2,1H3;2*1H. The third kappa shape index (κ3) is 5.12. The van der Waals surface area contributed by atoms with E-state index in [2.05, 4.69) is 4.98 Å². The molecule has 1 aliphatic heterocycles. The Kier molecular flexibility index (Phi) is 9.10. The van der Waals surface area contributed by atoms with E-state index in [-0.39, 0.29) is 48.2 Å². The number of fused-ring (bicyclic) bond motifs is 1. The number of rotatable bonds is 3. The summed E-state index contributed by atoms with van der Waals surface area (Å²) in [5.74, 6) is -0.144. The smallest absolute Gasteiger partial charge is 0.243 e. The van der Waals surface area contributed by atoms with E-state index >= 15 is 0 Å². The molecule has 2 N–H and O–H groups in total. The van der Waals surface area contributed by atoms with Crippen molar-refractivity contribution >= 4 is 51.5 Å². The molecule has 10 heteroatoms. The first-order valence-electron chi connectivity index (χ1n) is 8.77. The molecular formula is C18H26Cl2N4O3S. The van der Waals surface area contributed by atoms with Crippen molar-refractivity contribution in [3.63, 3.8) is 0 Å². The van der Waals surface area contributed by atoms with Gasteiger partial charge in [-0.15, -0.1) is 24.8 Å². The molecule has 1 fully saturated rings. The summed E-state index contributed by atoms with van der Waals surface area (Å²) in [5.41, 5.74) is 5.47. The molecule has 1 aliphatic rings. The minimum Gasteiger partial charge on any atom is -0.340 e. The lowest BCUT2D eigenvalue weighted by molar-refractivity contribution is -0.130. The summed E-state index contributed by atoms with van der Waals surface area (Å²) >= 11 is 0. The van der Waals surface area contributed by atoms with Crippen molar-refractivity contribution in [2.45, 2.75) is 30.7 Å². The third-order valence-electron chi connectivity index (χ3n) is 4.78. The number of hydrogen-bond acceptors (Lipinski definition) is 5. The summed E-state index contributed by atoms with van der Waals surface area (Å²) in [6, 6.07) is 6.55. The van der Waals surface area contributed by atoms with E-state index in [4.69, 9.17) is 5.73 Å². The van der Waals surface area contributed by atoms with Gasteiger partial charge in [0.05, 0.1) is 11.4 Å². The highest BCUT2D eigenvalue weighted by atomic mass is 35.5. The topological polar surface area (TPSA) is 96.6 Å². The fraction of sp³-hybridized carbons (Fsp3) is 0.444. The van der Waals surface area contributed by atoms with Gasteiger partial charge >= 0.3 is 0 Å². The molecule has 0 aliphatic carbocycles. The van der Waals surface area contributed by atoms with Crippen molar-refractivity contribution in [1.82, 2.24) is 14.2 Å². The van der Waals surface area contributed by atoms with Gasteiger partial charge in [0.15, 0.2) is 0 Å². The van der Waals surface area contributed by atoms with Gasteiger partial charge in [-0.25, -0.2) is 8.42 Å². The van der Waals surface area contributed by atoms with Crippen LogP contribution < -0.4 is 5.73 Å². The molecule has 156 valence electrons. The fourth-order valence-corrected chi connectivity index (χ4v) is 5.06. The minimum atomic E-state index is -3.65. The van der Waals surface area contributed by atoms with Crippen LogP contribution in [0.3, 0.4) is 0 Å². The highest BCUT2D eigenvalue weighted by Gasteiger charge is 2.32. The van der Waals surface area contributed by atoms with Gasteiger partial charge in [-0.05, 0) is 43.4 Å². The normalized spacial score (nSPS) is 18.5. The van der Waals surface area contributed by atoms with Gasteiger partial charge < -0.3 is 10.6 Å². The van der Waals surface area contributed by atoms with E-state index < -0.39 is 10.0 Å². The average Bonchev–Trinajstić information content (AvgIpc) is 2.63. The van der Waals surface area contributed by atoms with Gasteiger partial charge in [0.1, 0.15) is 0 Å². The van der Waals surface area contributed by atoms with E-state index in [0.29, 0.717) is 26.1 Å². The Labute approximate surface area is 178 Å². The molecule has 1 unspecified atom stereocenters. The van der Waals surface area contributed by atoms with Crippen molar-refractivity contribution in [2.75, 3.05) is 26.2 Å². The SMILES string of the molecule is CC1CN(C(=O)CN)CCCCN1S(=O)(=O)c1ccc2cnccc2c1.Cl.Cl. The number of amides is 1. The van der Waals surface area contributed by atoms with Crippen LogP contribution in [-0.4, -0.2) is 60.7 Å². The van der Waals surface area contributed by atoms with Gasteiger partial charge in [-0.3, -0.25) is 9.78 Å². The van der Waals surface area contributed by atoms with Gasteiger partial charge in [-0.1, -0.05) is 6.07 Å². The summed E-state index contributed by atoms with van der Waals surface area (Å²) in [6.07, 6.45) is 4.82. The molecule has 1 atom stereocenters. The Hall–Kier alpha value is -1.45.